The average Bonchev–Trinajstić information content (AvgIpc) is 0.732. The fourth-order valence-corrected chi connectivity index (χ4v) is 8.48. The van der Waals surface area contributed by atoms with Gasteiger partial charge in [-0.15, -0.1) is 15.9 Å². The molecule has 7 aromatic carbocycles. The van der Waals surface area contributed by atoms with Gasteiger partial charge in [-0.25, -0.2) is 4.89 Å². The fraction of sp³-hybridized carbons (Fsp3) is 0.239. The number of amidine groups is 1. The largest absolute Gasteiger partial charge is 1.00 e. The number of hydrogen-bond acceptors (Lipinski definition) is 23. The van der Waals surface area contributed by atoms with Gasteiger partial charge in [0.25, 0.3) is 20.2 Å². The van der Waals surface area contributed by atoms with Crippen molar-refractivity contribution in [2.75, 3.05) is 73.0 Å². The number of carbonyl (C=O) groups is 2. The molecule has 0 saturated heterocycles. The number of ketones is 2. The molecule has 1 aliphatic carbocycles. The number of nitrogens with zero attached hydrogens (tertiary/aromatic N) is 12. The normalized spacial score (nSPS) is 10.6. The molecule has 0 fully saturated rings. The van der Waals surface area contributed by atoms with E-state index < -0.39 is 42.4 Å². The van der Waals surface area contributed by atoms with E-state index in [1.807, 2.05) is 153 Å². The van der Waals surface area contributed by atoms with Gasteiger partial charge in [0.1, 0.15) is 34.6 Å². The number of nitrogen functional groups attached to an aromatic ring is 1. The number of fused-ring (bicyclic) bond motifs is 2. The van der Waals surface area contributed by atoms with E-state index in [1.165, 1.54) is 18.2 Å². The summed E-state index contributed by atoms with van der Waals surface area (Å²) in [4.78, 5) is 58.6. The van der Waals surface area contributed by atoms with Crippen molar-refractivity contribution >= 4 is 133 Å². The molecule has 1 aliphatic rings. The minimum absolute atomic E-state index is 0. The van der Waals surface area contributed by atoms with E-state index in [-0.39, 0.29) is 70.6 Å². The Hall–Kier alpha value is -8.71. The molecule has 2 aromatic heterocycles. The maximum atomic E-state index is 13.1. The number of rotatable bonds is 14. The van der Waals surface area contributed by atoms with Crippen molar-refractivity contribution in [2.24, 2.45) is 15.3 Å². The van der Waals surface area contributed by atoms with E-state index in [0.29, 0.717) is 58.5 Å². The minimum atomic E-state index is -4.73. The predicted octanol–water partition coefficient (Wildman–Crippen LogP) is 15.8. The number of aromatic nitrogens is 6. The molecule has 536 valence electrons. The van der Waals surface area contributed by atoms with Gasteiger partial charge in [0, 0.05) is 101 Å². The number of para-hydroxylation sites is 3. The van der Waals surface area contributed by atoms with Gasteiger partial charge < -0.3 is 47.1 Å². The van der Waals surface area contributed by atoms with Crippen LogP contribution in [-0.2, 0) is 48.8 Å². The smallest absolute Gasteiger partial charge is 0.573 e. The molecule has 0 unspecified atom stereocenters. The Balaban J connectivity index is 0.00000126. The third-order valence-corrected chi connectivity index (χ3v) is 12.8. The molecule has 99 heavy (non-hydrogen) atoms. The molecule has 0 amide bonds. The van der Waals surface area contributed by atoms with Crippen LogP contribution < -0.4 is 31.5 Å². The number of anilines is 8. The number of phenols is 1. The van der Waals surface area contributed by atoms with Crippen LogP contribution in [0.3, 0.4) is 0 Å². The summed E-state index contributed by atoms with van der Waals surface area (Å²) < 4.78 is 59.1. The third kappa shape index (κ3) is 29.7. The Bertz CT molecular complexity index is 4210. The van der Waals surface area contributed by atoms with Crippen LogP contribution in [0.25, 0.3) is 5.43 Å². The zero-order chi connectivity index (χ0) is 72.8. The molecule has 0 bridgehead atoms. The van der Waals surface area contributed by atoms with Crippen LogP contribution >= 0.6 is 37.2 Å². The fourth-order valence-electron chi connectivity index (χ4n) is 7.83. The standard InChI is InChI=1S/C20H17N4O3.C20H14N2O5S.C12H15N5.C7H13N5.3C2H6.CH4O3S.CH4.Cu.I2/c25-19-13-7-6-12-18(19)22-24-20(15-8-2-1-3-9-15)23-21-17-11-5-4-10-16(17)14-27-26;21-18-15(28(25,26)27)10-14(22-11-6-2-1-3-7-11)16-17(18)20(24)13-9-5-4-8-12(13)19(16)23;1-9-14-11(13-2)16-12(15-9)17(3)10-7-5-4-6-8-10;1-5-9-6(8-2)11-7(10-5)12(3)4;3*1-2;1-5(2,3)4;;;1-2/h1-13H,14H2,(H2-,21,22,23,24,25,26);1-10,22H,21H2,(H,25,26,27);4-8H,1-3H3,(H,13,14,15,16);1-4H3,(H,8,9,10,11);3*1-2H3;1H3,(H,2,3,4);1H4;;/q-1;;;;;;;;;+1;. The van der Waals surface area contributed by atoms with E-state index in [1.54, 1.807) is 93.0 Å². The number of nitrogens with one attached hydrogen (secondary N) is 3. The Kier molecular flexibility index (Phi) is 43.1. The first-order chi connectivity index (χ1) is 46.4. The topological polar surface area (TPSA) is 390 Å². The summed E-state index contributed by atoms with van der Waals surface area (Å²) in [6.45, 7) is 15.7. The van der Waals surface area contributed by atoms with Crippen LogP contribution in [0.4, 0.5) is 57.9 Å². The molecule has 10 rings (SSSR count). The number of benzene rings is 7. The molecule has 0 radical (unpaired) electrons. The van der Waals surface area contributed by atoms with Crippen molar-refractivity contribution in [1.82, 2.24) is 29.9 Å². The van der Waals surface area contributed by atoms with Gasteiger partial charge in [-0.3, -0.25) is 24.0 Å². The number of halogens is 2. The zero-order valence-electron chi connectivity index (χ0n) is 56.3. The first-order valence-corrected chi connectivity index (χ1v) is 39.1. The summed E-state index contributed by atoms with van der Waals surface area (Å²) in [6.07, 6.45) is 0.715. The second kappa shape index (κ2) is 47.3. The van der Waals surface area contributed by atoms with Crippen molar-refractivity contribution in [2.45, 2.75) is 74.3 Å². The second-order valence-electron chi connectivity index (χ2n) is 18.8. The second-order valence-corrected chi connectivity index (χ2v) is 21.6. The van der Waals surface area contributed by atoms with Crippen molar-refractivity contribution < 1.29 is 67.9 Å². The first kappa shape index (κ1) is 90.3. The SMILES string of the molecule is C.CC.CC.CC.CNc1nc(C)nc(N(C)C)n1.CNc1nc(C)nc(N(C)c2ccccc2)n1.CS(=O)(=O)O.II.Nc1c(S(=O)(=O)O)cc(Nc2ccccc2)c2c1C(=O)c1ccccc1C2=O.OOCc1ccccc1[N-]N=C(N=Nc1ccccc1O)c1ccccc1.[Cu+]. The van der Waals surface area contributed by atoms with Crippen molar-refractivity contribution in [3.8, 4) is 5.75 Å². The van der Waals surface area contributed by atoms with Crippen molar-refractivity contribution in [3.63, 3.8) is 0 Å². The Morgan fingerprint density at radius 2 is 1.08 bits per heavy atom. The van der Waals surface area contributed by atoms with E-state index in [4.69, 9.17) is 15.5 Å². The molecular weight excluding hydrogens is 1590 g/mol. The summed E-state index contributed by atoms with van der Waals surface area (Å²) in [5.74, 6) is 3.16. The van der Waals surface area contributed by atoms with Crippen LogP contribution in [0.1, 0.15) is 104 Å². The van der Waals surface area contributed by atoms with Crippen LogP contribution in [0.15, 0.2) is 190 Å². The molecule has 32 heteroatoms. The maximum Gasteiger partial charge on any atom is 1.00 e. The third-order valence-electron chi connectivity index (χ3n) is 11.9. The number of aryl methyl sites for hydroxylation is 2. The van der Waals surface area contributed by atoms with E-state index in [2.05, 4.69) is 109 Å². The number of azo groups is 1. The number of nitrogens with two attached hydrogens (primary N) is 1. The Labute approximate surface area is 614 Å². The summed E-state index contributed by atoms with van der Waals surface area (Å²) in [6, 6.07) is 49.0. The molecule has 0 spiro atoms. The molecule has 27 nitrogen and oxygen atoms in total. The molecule has 0 saturated carbocycles. The van der Waals surface area contributed by atoms with Crippen molar-refractivity contribution in [1.29, 1.82) is 0 Å². The number of phenolic OH excluding ortho intramolecular Hbond substituents is 1. The monoisotopic (exact) mass is 1670 g/mol. The molecule has 9 N–H and O–H groups in total. The van der Waals surface area contributed by atoms with Crippen molar-refractivity contribution in [3.05, 3.63) is 220 Å². The van der Waals surface area contributed by atoms with Gasteiger partial charge in [0.05, 0.1) is 28.8 Å². The van der Waals surface area contributed by atoms with Crippen LogP contribution in [0, 0.1) is 13.8 Å². The number of carbonyl (C=O) groups excluding carboxylic acids is 2. The Morgan fingerprint density at radius 3 is 1.58 bits per heavy atom. The maximum absolute atomic E-state index is 13.1. The average molecular weight is 1670 g/mol. The van der Waals surface area contributed by atoms with Crippen LogP contribution in [-0.4, -0.2) is 125 Å². The first-order valence-electron chi connectivity index (χ1n) is 29.6. The molecule has 0 atom stereocenters. The van der Waals surface area contributed by atoms with E-state index in [0.717, 1.165) is 23.1 Å². The van der Waals surface area contributed by atoms with Crippen LogP contribution in [0.5, 0.6) is 5.75 Å². The van der Waals surface area contributed by atoms with E-state index >= 15 is 0 Å². The Morgan fingerprint density at radius 1 is 0.636 bits per heavy atom. The molecule has 2 heterocycles. The molecule has 0 aliphatic heterocycles. The molecule has 9 aromatic rings. The van der Waals surface area contributed by atoms with Gasteiger partial charge in [-0.2, -0.15) is 46.7 Å². The van der Waals surface area contributed by atoms with Gasteiger partial charge in [0.15, 0.2) is 17.4 Å². The summed E-state index contributed by atoms with van der Waals surface area (Å²) >= 11 is 4.24. The summed E-state index contributed by atoms with van der Waals surface area (Å²) in [5.41, 5.74) is 13.7. The van der Waals surface area contributed by atoms with Crippen LogP contribution in [0.2, 0.25) is 0 Å². The summed E-state index contributed by atoms with van der Waals surface area (Å²) in [5, 5.41) is 39.7. The summed E-state index contributed by atoms with van der Waals surface area (Å²) in [7, 11) is 0.912. The minimum Gasteiger partial charge on any atom is -0.573 e. The molecular formula is C67H85CuI2N16O11S2. The number of aromatic hydroxyl groups is 1. The van der Waals surface area contributed by atoms with Gasteiger partial charge in [0.2, 0.25) is 23.8 Å². The number of hydrogen-bond donors (Lipinski definition) is 8. The predicted molar refractivity (Wildman–Crippen MR) is 410 cm³/mol. The van der Waals surface area contributed by atoms with Gasteiger partial charge in [-0.1, -0.05) is 176 Å². The zero-order valence-corrected chi connectivity index (χ0v) is 63.2. The van der Waals surface area contributed by atoms with E-state index in [9.17, 15) is 36.1 Å². The quantitative estimate of drug-likeness (QED) is 0.00577. The van der Waals surface area contributed by atoms with Gasteiger partial charge in [-0.05, 0) is 61.9 Å². The van der Waals surface area contributed by atoms with Gasteiger partial charge >= 0.3 is 17.1 Å².